The Labute approximate surface area is 108 Å². The first kappa shape index (κ1) is 15.0. The van der Waals surface area contributed by atoms with Gasteiger partial charge >= 0.3 is 7.60 Å². The lowest BCUT2D eigenvalue weighted by molar-refractivity contribution is 0.229. The van der Waals surface area contributed by atoms with Crippen LogP contribution >= 0.6 is 7.60 Å². The molecule has 102 valence electrons. The molecule has 0 saturated heterocycles. The Bertz CT molecular complexity index is 422. The van der Waals surface area contributed by atoms with Gasteiger partial charge in [-0.1, -0.05) is 0 Å². The summed E-state index contributed by atoms with van der Waals surface area (Å²) < 4.78 is 33.5. The van der Waals surface area contributed by atoms with Crippen LogP contribution in [0.15, 0.2) is 18.2 Å². The largest absolute Gasteiger partial charge is 0.497 e. The maximum absolute atomic E-state index is 12.6. The molecule has 0 aliphatic heterocycles. The smallest absolute Gasteiger partial charge is 0.365 e. The van der Waals surface area contributed by atoms with Crippen molar-refractivity contribution in [1.82, 2.24) is 0 Å². The van der Waals surface area contributed by atoms with Gasteiger partial charge in [-0.25, -0.2) is 0 Å². The Morgan fingerprint density at radius 2 is 1.67 bits per heavy atom. The highest BCUT2D eigenvalue weighted by Crippen LogP contribution is 2.49. The molecule has 1 aromatic carbocycles. The van der Waals surface area contributed by atoms with Crippen molar-refractivity contribution < 1.29 is 23.1 Å². The predicted molar refractivity (Wildman–Crippen MR) is 70.0 cm³/mol. The zero-order chi connectivity index (χ0) is 13.6. The van der Waals surface area contributed by atoms with Crippen LogP contribution in [0, 0.1) is 0 Å². The van der Waals surface area contributed by atoms with Crippen LogP contribution in [-0.2, 0) is 13.6 Å². The van der Waals surface area contributed by atoms with E-state index in [1.807, 2.05) is 0 Å². The number of ether oxygens (including phenoxy) is 2. The van der Waals surface area contributed by atoms with Crippen molar-refractivity contribution in [2.75, 3.05) is 27.4 Å². The van der Waals surface area contributed by atoms with Crippen LogP contribution in [0.5, 0.6) is 11.5 Å². The minimum absolute atomic E-state index is 0.298. The molecule has 0 spiro atoms. The van der Waals surface area contributed by atoms with Crippen LogP contribution in [0.3, 0.4) is 0 Å². The van der Waals surface area contributed by atoms with Crippen LogP contribution < -0.4 is 14.8 Å². The van der Waals surface area contributed by atoms with Gasteiger partial charge in [0.05, 0.1) is 27.4 Å². The fourth-order valence-electron chi connectivity index (χ4n) is 1.53. The normalized spacial score (nSPS) is 11.3. The molecule has 0 amide bonds. The molecule has 0 fully saturated rings. The van der Waals surface area contributed by atoms with E-state index in [0.717, 1.165) is 0 Å². The van der Waals surface area contributed by atoms with Crippen molar-refractivity contribution in [3.8, 4) is 11.5 Å². The Morgan fingerprint density at radius 1 is 1.06 bits per heavy atom. The first-order valence-electron chi connectivity index (χ1n) is 5.73. The molecule has 1 rings (SSSR count). The predicted octanol–water partition coefficient (Wildman–Crippen LogP) is 2.60. The summed E-state index contributed by atoms with van der Waals surface area (Å²) in [6.45, 7) is 4.13. The molecule has 0 N–H and O–H groups in total. The molecule has 5 nitrogen and oxygen atoms in total. The monoisotopic (exact) mass is 274 g/mol. The summed E-state index contributed by atoms with van der Waals surface area (Å²) >= 11 is 0. The van der Waals surface area contributed by atoms with E-state index < -0.39 is 7.60 Å². The summed E-state index contributed by atoms with van der Waals surface area (Å²) in [4.78, 5) is 0. The van der Waals surface area contributed by atoms with Crippen LogP contribution in [0.4, 0.5) is 0 Å². The topological polar surface area (TPSA) is 54.0 Å². The Kier molecular flexibility index (Phi) is 5.66. The van der Waals surface area contributed by atoms with Crippen molar-refractivity contribution in [2.24, 2.45) is 0 Å². The Morgan fingerprint density at radius 3 is 2.11 bits per heavy atom. The van der Waals surface area contributed by atoms with Crippen LogP contribution in [-0.4, -0.2) is 27.4 Å². The highest BCUT2D eigenvalue weighted by molar-refractivity contribution is 7.62. The SMILES string of the molecule is CCOP(=O)(OCC)c1ccc(OC)cc1OC. The van der Waals surface area contributed by atoms with Crippen molar-refractivity contribution in [3.63, 3.8) is 0 Å². The number of hydrogen-bond donors (Lipinski definition) is 0. The zero-order valence-corrected chi connectivity index (χ0v) is 12.0. The molecule has 1 aromatic rings. The van der Waals surface area contributed by atoms with Crippen molar-refractivity contribution in [2.45, 2.75) is 13.8 Å². The molecule has 0 saturated carbocycles. The third-order valence-corrected chi connectivity index (χ3v) is 4.44. The maximum Gasteiger partial charge on any atom is 0.365 e. The second-order valence-electron chi connectivity index (χ2n) is 3.37. The van der Waals surface area contributed by atoms with Gasteiger partial charge in [0.25, 0.3) is 0 Å². The minimum Gasteiger partial charge on any atom is -0.497 e. The molecule has 0 unspecified atom stereocenters. The van der Waals surface area contributed by atoms with Crippen LogP contribution in [0.2, 0.25) is 0 Å². The van der Waals surface area contributed by atoms with E-state index in [9.17, 15) is 4.57 Å². The first-order chi connectivity index (χ1) is 8.61. The minimum atomic E-state index is -3.34. The molecule has 6 heteroatoms. The molecule has 0 bridgehead atoms. The lowest BCUT2D eigenvalue weighted by Gasteiger charge is -2.19. The lowest BCUT2D eigenvalue weighted by Crippen LogP contribution is -2.13. The van der Waals surface area contributed by atoms with Gasteiger partial charge in [-0.2, -0.15) is 0 Å². The molecular weight excluding hydrogens is 255 g/mol. The van der Waals surface area contributed by atoms with Gasteiger partial charge in [-0.15, -0.1) is 0 Å². The molecule has 0 aliphatic carbocycles. The van der Waals surface area contributed by atoms with E-state index in [4.69, 9.17) is 18.5 Å². The number of rotatable bonds is 7. The highest BCUT2D eigenvalue weighted by atomic mass is 31.2. The van der Waals surface area contributed by atoms with Crippen LogP contribution in [0.1, 0.15) is 13.8 Å². The zero-order valence-electron chi connectivity index (χ0n) is 11.1. The summed E-state index contributed by atoms with van der Waals surface area (Å²) in [5, 5.41) is 0.412. The quantitative estimate of drug-likeness (QED) is 0.715. The molecular formula is C12H19O5P. The van der Waals surface area contributed by atoms with Crippen molar-refractivity contribution >= 4 is 12.9 Å². The summed E-state index contributed by atoms with van der Waals surface area (Å²) in [7, 11) is -0.282. The average molecular weight is 274 g/mol. The van der Waals surface area contributed by atoms with Gasteiger partial charge in [-0.3, -0.25) is 4.57 Å². The first-order valence-corrected chi connectivity index (χ1v) is 7.27. The van der Waals surface area contributed by atoms with Crippen molar-refractivity contribution in [1.29, 1.82) is 0 Å². The lowest BCUT2D eigenvalue weighted by atomic mass is 10.3. The summed E-state index contributed by atoms with van der Waals surface area (Å²) in [5.74, 6) is 1.05. The fourth-order valence-corrected chi connectivity index (χ4v) is 3.24. The molecule has 18 heavy (non-hydrogen) atoms. The summed E-state index contributed by atoms with van der Waals surface area (Å²) in [6.07, 6.45) is 0. The van der Waals surface area contributed by atoms with Gasteiger partial charge in [0.1, 0.15) is 16.8 Å². The average Bonchev–Trinajstić information content (AvgIpc) is 2.38. The number of benzene rings is 1. The van der Waals surface area contributed by atoms with E-state index in [1.54, 1.807) is 39.2 Å². The van der Waals surface area contributed by atoms with E-state index in [2.05, 4.69) is 0 Å². The second kappa shape index (κ2) is 6.78. The third-order valence-electron chi connectivity index (χ3n) is 2.28. The summed E-state index contributed by atoms with van der Waals surface area (Å²) in [5.41, 5.74) is 0. The highest BCUT2D eigenvalue weighted by Gasteiger charge is 2.30. The van der Waals surface area contributed by atoms with E-state index in [-0.39, 0.29) is 0 Å². The Balaban J connectivity index is 3.23. The Hall–Kier alpha value is -1.03. The number of hydrogen-bond acceptors (Lipinski definition) is 5. The van der Waals surface area contributed by atoms with Gasteiger partial charge in [0, 0.05) is 6.07 Å². The standard InChI is InChI=1S/C12H19O5P/c1-5-16-18(13,17-6-2)12-8-7-10(14-3)9-11(12)15-4/h7-9H,5-6H2,1-4H3. The van der Waals surface area contributed by atoms with Gasteiger partial charge in [0.15, 0.2) is 0 Å². The fraction of sp³-hybridized carbons (Fsp3) is 0.500. The van der Waals surface area contributed by atoms with Gasteiger partial charge < -0.3 is 18.5 Å². The van der Waals surface area contributed by atoms with E-state index in [1.165, 1.54) is 7.11 Å². The molecule has 0 aliphatic rings. The third kappa shape index (κ3) is 3.25. The van der Waals surface area contributed by atoms with Crippen molar-refractivity contribution in [3.05, 3.63) is 18.2 Å². The second-order valence-corrected chi connectivity index (χ2v) is 5.36. The molecule has 0 atom stereocenters. The van der Waals surface area contributed by atoms with Gasteiger partial charge in [0.2, 0.25) is 0 Å². The van der Waals surface area contributed by atoms with Crippen LogP contribution in [0.25, 0.3) is 0 Å². The number of methoxy groups -OCH3 is 2. The van der Waals surface area contributed by atoms with E-state index in [0.29, 0.717) is 30.0 Å². The molecule has 0 heterocycles. The maximum atomic E-state index is 12.6. The summed E-state index contributed by atoms with van der Waals surface area (Å²) in [6, 6.07) is 4.99. The van der Waals surface area contributed by atoms with E-state index >= 15 is 0 Å². The molecule has 0 aromatic heterocycles. The van der Waals surface area contributed by atoms with Gasteiger partial charge in [-0.05, 0) is 26.0 Å². The molecule has 0 radical (unpaired) electrons.